The third-order valence-corrected chi connectivity index (χ3v) is 3.63. The Balaban J connectivity index is 1.98. The molecule has 0 spiro atoms. The Labute approximate surface area is 147 Å². The van der Waals surface area contributed by atoms with Crippen LogP contribution in [0.2, 0.25) is 0 Å². The van der Waals surface area contributed by atoms with Crippen LogP contribution < -0.4 is 10.6 Å². The molecule has 1 amide bonds. The third-order valence-electron chi connectivity index (χ3n) is 3.63. The minimum atomic E-state index is -0.392. The van der Waals surface area contributed by atoms with E-state index in [-0.39, 0.29) is 12.5 Å². The molecule has 0 aliphatic rings. The molecule has 25 heavy (non-hydrogen) atoms. The lowest BCUT2D eigenvalue weighted by atomic mass is 10.3. The minimum absolute atomic E-state index is 0.0453. The van der Waals surface area contributed by atoms with E-state index < -0.39 is 5.82 Å². The fourth-order valence-corrected chi connectivity index (χ4v) is 2.36. The van der Waals surface area contributed by atoms with Gasteiger partial charge >= 0.3 is 0 Å². The topological polar surface area (TPSA) is 61.7 Å². The standard InChI is InChI=1S/C18H24FN5O/c1-4-20-18(24(3)13-16-9-6-10-23(16)2)21-12-17(25)22-15-8-5-7-14(19)11-15/h5-11H,4,12-13H2,1-3H3,(H,20,21)(H,22,25). The second-order valence-corrected chi connectivity index (χ2v) is 5.70. The minimum Gasteiger partial charge on any atom is -0.357 e. The number of amides is 1. The zero-order valence-corrected chi connectivity index (χ0v) is 14.8. The van der Waals surface area contributed by atoms with E-state index in [1.807, 2.05) is 48.8 Å². The molecule has 2 aromatic rings. The van der Waals surface area contributed by atoms with Crippen molar-refractivity contribution in [2.24, 2.45) is 12.0 Å². The Bertz CT molecular complexity index is 741. The van der Waals surface area contributed by atoms with Crippen molar-refractivity contribution in [3.63, 3.8) is 0 Å². The molecule has 0 saturated carbocycles. The molecule has 0 atom stereocenters. The Hall–Kier alpha value is -2.83. The van der Waals surface area contributed by atoms with E-state index in [4.69, 9.17) is 0 Å². The number of benzene rings is 1. The Morgan fingerprint density at radius 2 is 2.12 bits per heavy atom. The van der Waals surface area contributed by atoms with Crippen LogP contribution in [0.4, 0.5) is 10.1 Å². The van der Waals surface area contributed by atoms with Crippen LogP contribution in [-0.2, 0) is 18.4 Å². The predicted octanol–water partition coefficient (Wildman–Crippen LogP) is 2.20. The molecule has 0 fully saturated rings. The summed E-state index contributed by atoms with van der Waals surface area (Å²) < 4.78 is 15.2. The fraction of sp³-hybridized carbons (Fsp3) is 0.333. The van der Waals surface area contributed by atoms with Gasteiger partial charge in [0.15, 0.2) is 5.96 Å². The number of rotatable bonds is 6. The molecule has 1 aromatic heterocycles. The number of hydrogen-bond acceptors (Lipinski definition) is 2. The second-order valence-electron chi connectivity index (χ2n) is 5.70. The average Bonchev–Trinajstić information content (AvgIpc) is 2.96. The number of halogens is 1. The van der Waals surface area contributed by atoms with Gasteiger partial charge in [-0.25, -0.2) is 9.38 Å². The molecule has 0 saturated heterocycles. The number of aliphatic imine (C=N–C) groups is 1. The zero-order valence-electron chi connectivity index (χ0n) is 14.8. The van der Waals surface area contributed by atoms with Crippen molar-refractivity contribution in [1.29, 1.82) is 0 Å². The van der Waals surface area contributed by atoms with E-state index in [1.54, 1.807) is 12.1 Å². The van der Waals surface area contributed by atoms with Crippen molar-refractivity contribution in [3.8, 4) is 0 Å². The molecule has 7 heteroatoms. The summed E-state index contributed by atoms with van der Waals surface area (Å²) in [6.45, 7) is 3.29. The van der Waals surface area contributed by atoms with Crippen molar-refractivity contribution < 1.29 is 9.18 Å². The maximum atomic E-state index is 13.2. The number of carbonyl (C=O) groups excluding carboxylic acids is 1. The number of carbonyl (C=O) groups is 1. The molecule has 6 nitrogen and oxygen atoms in total. The van der Waals surface area contributed by atoms with Crippen LogP contribution in [0, 0.1) is 5.82 Å². The molecule has 1 heterocycles. The molecule has 0 radical (unpaired) electrons. The molecule has 2 N–H and O–H groups in total. The van der Waals surface area contributed by atoms with E-state index in [0.717, 1.165) is 5.69 Å². The monoisotopic (exact) mass is 345 g/mol. The van der Waals surface area contributed by atoms with Gasteiger partial charge in [0.1, 0.15) is 12.4 Å². The summed E-state index contributed by atoms with van der Waals surface area (Å²) in [7, 11) is 3.90. The van der Waals surface area contributed by atoms with Crippen LogP contribution in [0.5, 0.6) is 0 Å². The molecular weight excluding hydrogens is 321 g/mol. The molecule has 0 unspecified atom stereocenters. The summed E-state index contributed by atoms with van der Waals surface area (Å²) in [6, 6.07) is 9.81. The summed E-state index contributed by atoms with van der Waals surface area (Å²) in [4.78, 5) is 18.3. The lowest BCUT2D eigenvalue weighted by Crippen LogP contribution is -2.39. The summed E-state index contributed by atoms with van der Waals surface area (Å²) in [5, 5.41) is 5.81. The van der Waals surface area contributed by atoms with Crippen molar-refractivity contribution >= 4 is 17.6 Å². The van der Waals surface area contributed by atoms with Crippen LogP contribution in [0.15, 0.2) is 47.6 Å². The number of aryl methyl sites for hydroxylation is 1. The van der Waals surface area contributed by atoms with Gasteiger partial charge in [0.25, 0.3) is 0 Å². The number of nitrogens with one attached hydrogen (secondary N) is 2. The predicted molar refractivity (Wildman–Crippen MR) is 97.9 cm³/mol. The summed E-state index contributed by atoms with van der Waals surface area (Å²) in [6.07, 6.45) is 1.99. The van der Waals surface area contributed by atoms with Gasteiger partial charge in [-0.2, -0.15) is 0 Å². The summed E-state index contributed by atoms with van der Waals surface area (Å²) >= 11 is 0. The van der Waals surface area contributed by atoms with Gasteiger partial charge in [-0.3, -0.25) is 4.79 Å². The highest BCUT2D eigenvalue weighted by Crippen LogP contribution is 2.09. The molecule has 1 aromatic carbocycles. The largest absolute Gasteiger partial charge is 0.357 e. The second kappa shape index (κ2) is 8.86. The zero-order chi connectivity index (χ0) is 18.2. The van der Waals surface area contributed by atoms with Gasteiger partial charge in [-0.1, -0.05) is 6.07 Å². The molecule has 0 aliphatic carbocycles. The Kier molecular flexibility index (Phi) is 6.56. The molecule has 0 aliphatic heterocycles. The SMILES string of the molecule is CCNC(=NCC(=O)Nc1cccc(F)c1)N(C)Cc1cccn1C. The smallest absolute Gasteiger partial charge is 0.246 e. The first-order chi connectivity index (χ1) is 12.0. The van der Waals surface area contributed by atoms with Gasteiger partial charge in [0, 0.05) is 38.2 Å². The van der Waals surface area contributed by atoms with E-state index in [2.05, 4.69) is 15.6 Å². The Morgan fingerprint density at radius 3 is 2.76 bits per heavy atom. The molecule has 2 rings (SSSR count). The Morgan fingerprint density at radius 1 is 1.32 bits per heavy atom. The average molecular weight is 345 g/mol. The van der Waals surface area contributed by atoms with Crippen molar-refractivity contribution in [2.45, 2.75) is 13.5 Å². The first-order valence-electron chi connectivity index (χ1n) is 8.14. The van der Waals surface area contributed by atoms with E-state index in [0.29, 0.717) is 24.7 Å². The van der Waals surface area contributed by atoms with Gasteiger partial charge in [-0.15, -0.1) is 0 Å². The lowest BCUT2D eigenvalue weighted by Gasteiger charge is -2.22. The molecule has 134 valence electrons. The van der Waals surface area contributed by atoms with Crippen LogP contribution in [0.25, 0.3) is 0 Å². The fourth-order valence-electron chi connectivity index (χ4n) is 2.36. The molecular formula is C18H24FN5O. The number of anilines is 1. The third kappa shape index (κ3) is 5.63. The van der Waals surface area contributed by atoms with Gasteiger partial charge in [0.2, 0.25) is 5.91 Å². The first kappa shape index (κ1) is 18.5. The van der Waals surface area contributed by atoms with Crippen LogP contribution in [0.1, 0.15) is 12.6 Å². The van der Waals surface area contributed by atoms with Gasteiger partial charge in [-0.05, 0) is 37.3 Å². The lowest BCUT2D eigenvalue weighted by molar-refractivity contribution is -0.114. The van der Waals surface area contributed by atoms with Gasteiger partial charge in [0.05, 0.1) is 6.54 Å². The summed E-state index contributed by atoms with van der Waals surface area (Å²) in [5.41, 5.74) is 1.56. The highest BCUT2D eigenvalue weighted by Gasteiger charge is 2.09. The van der Waals surface area contributed by atoms with Crippen molar-refractivity contribution in [3.05, 3.63) is 54.1 Å². The van der Waals surface area contributed by atoms with Crippen molar-refractivity contribution in [1.82, 2.24) is 14.8 Å². The first-order valence-corrected chi connectivity index (χ1v) is 8.14. The van der Waals surface area contributed by atoms with Gasteiger partial charge < -0.3 is 20.1 Å². The summed E-state index contributed by atoms with van der Waals surface area (Å²) in [5.74, 6) is -0.0525. The highest BCUT2D eigenvalue weighted by molar-refractivity contribution is 5.94. The van der Waals surface area contributed by atoms with E-state index in [1.165, 1.54) is 12.1 Å². The molecule has 0 bridgehead atoms. The number of hydrogen-bond donors (Lipinski definition) is 2. The van der Waals surface area contributed by atoms with Crippen LogP contribution in [0.3, 0.4) is 0 Å². The number of guanidine groups is 1. The normalized spacial score (nSPS) is 11.3. The maximum Gasteiger partial charge on any atom is 0.246 e. The maximum absolute atomic E-state index is 13.2. The van der Waals surface area contributed by atoms with Crippen LogP contribution >= 0.6 is 0 Å². The number of nitrogens with zero attached hydrogens (tertiary/aromatic N) is 3. The quantitative estimate of drug-likeness (QED) is 0.623. The van der Waals surface area contributed by atoms with Crippen molar-refractivity contribution in [2.75, 3.05) is 25.5 Å². The highest BCUT2D eigenvalue weighted by atomic mass is 19.1. The number of aromatic nitrogens is 1. The van der Waals surface area contributed by atoms with E-state index >= 15 is 0 Å². The van der Waals surface area contributed by atoms with E-state index in [9.17, 15) is 9.18 Å². The van der Waals surface area contributed by atoms with Crippen LogP contribution in [-0.4, -0.2) is 41.5 Å².